The van der Waals surface area contributed by atoms with E-state index in [-0.39, 0.29) is 10.9 Å². The second-order valence-electron chi connectivity index (χ2n) is 9.46. The lowest BCUT2D eigenvalue weighted by Crippen LogP contribution is -2.39. The fourth-order valence-electron chi connectivity index (χ4n) is 4.56. The van der Waals surface area contributed by atoms with Gasteiger partial charge in [0.15, 0.2) is 0 Å². The lowest BCUT2D eigenvalue weighted by molar-refractivity contribution is 0.416. The molecule has 4 nitrogen and oxygen atoms in total. The van der Waals surface area contributed by atoms with E-state index in [2.05, 4.69) is 46.4 Å². The van der Waals surface area contributed by atoms with Crippen molar-refractivity contribution in [3.63, 3.8) is 0 Å². The van der Waals surface area contributed by atoms with E-state index in [1.165, 1.54) is 5.56 Å². The van der Waals surface area contributed by atoms with Gasteiger partial charge in [-0.3, -0.25) is 0 Å². The maximum absolute atomic E-state index is 13.5. The molecule has 2 N–H and O–H groups in total. The zero-order chi connectivity index (χ0) is 25.9. The van der Waals surface area contributed by atoms with E-state index in [1.54, 1.807) is 12.1 Å². The molecule has 0 bridgehead atoms. The van der Waals surface area contributed by atoms with Crippen LogP contribution in [0.1, 0.15) is 53.6 Å². The summed E-state index contributed by atoms with van der Waals surface area (Å²) in [5.74, 6) is 0. The van der Waals surface area contributed by atoms with Crippen molar-refractivity contribution >= 4 is 10.0 Å². The Hall–Kier alpha value is -3.25. The fraction of sp³-hybridized carbons (Fsp3) is 0.250. The topological polar surface area (TPSA) is 58.2 Å². The van der Waals surface area contributed by atoms with Crippen LogP contribution < -0.4 is 10.0 Å². The summed E-state index contributed by atoms with van der Waals surface area (Å²) in [5.41, 5.74) is 4.36. The first-order valence-electron chi connectivity index (χ1n) is 13.0. The lowest BCUT2D eigenvalue weighted by Gasteiger charge is -2.30. The van der Waals surface area contributed by atoms with E-state index >= 15 is 0 Å². The zero-order valence-electron chi connectivity index (χ0n) is 21.4. The zero-order valence-corrected chi connectivity index (χ0v) is 22.2. The highest BCUT2D eigenvalue weighted by atomic mass is 32.2. The van der Waals surface area contributed by atoms with Crippen molar-refractivity contribution in [1.82, 2.24) is 10.0 Å². The molecule has 0 radical (unpaired) electrons. The van der Waals surface area contributed by atoms with Gasteiger partial charge in [-0.15, -0.1) is 0 Å². The first-order valence-corrected chi connectivity index (χ1v) is 14.5. The van der Waals surface area contributed by atoms with Crippen molar-refractivity contribution in [1.29, 1.82) is 0 Å². The molecule has 0 aliphatic rings. The molecular weight excluding hydrogens is 476 g/mol. The van der Waals surface area contributed by atoms with Crippen molar-refractivity contribution in [3.8, 4) is 0 Å². The molecule has 4 rings (SSSR count). The Morgan fingerprint density at radius 3 is 1.76 bits per heavy atom. The van der Waals surface area contributed by atoms with E-state index < -0.39 is 16.1 Å². The molecule has 0 amide bonds. The Balaban J connectivity index is 1.51. The monoisotopic (exact) mass is 512 g/mol. The van der Waals surface area contributed by atoms with Crippen LogP contribution in [-0.2, 0) is 16.4 Å². The molecule has 0 aliphatic heterocycles. The highest BCUT2D eigenvalue weighted by Crippen LogP contribution is 2.31. The Bertz CT molecular complexity index is 1310. The maximum Gasteiger partial charge on any atom is 0.241 e. The standard InChI is InChI=1S/C32H36N2O2S/c1-26-21-23-30(24-22-26)37(35,36)34-32(29-19-11-4-12-20-29)31(28-17-9-3-10-18-28)33-25-13-5-8-16-27-14-6-2-7-15-27/h2-4,6-7,9-12,14-15,17-24,31-34H,5,8,13,16,25H2,1H3/t31-,32-/m1/s1. The van der Waals surface area contributed by atoms with Gasteiger partial charge in [0.25, 0.3) is 0 Å². The average molecular weight is 513 g/mol. The summed E-state index contributed by atoms with van der Waals surface area (Å²) in [5, 5.41) is 3.69. The van der Waals surface area contributed by atoms with Gasteiger partial charge < -0.3 is 5.32 Å². The van der Waals surface area contributed by atoms with E-state index in [9.17, 15) is 8.42 Å². The first kappa shape index (κ1) is 26.8. The van der Waals surface area contributed by atoms with Crippen LogP contribution in [0.4, 0.5) is 0 Å². The number of hydrogen-bond acceptors (Lipinski definition) is 3. The molecule has 5 heteroatoms. The van der Waals surface area contributed by atoms with Gasteiger partial charge in [0, 0.05) is 0 Å². The molecule has 2 atom stereocenters. The Morgan fingerprint density at radius 2 is 1.16 bits per heavy atom. The van der Waals surface area contributed by atoms with Crippen LogP contribution in [0.15, 0.2) is 120 Å². The van der Waals surface area contributed by atoms with Crippen LogP contribution in [0.2, 0.25) is 0 Å². The third-order valence-electron chi connectivity index (χ3n) is 6.61. The van der Waals surface area contributed by atoms with Crippen molar-refractivity contribution in [2.75, 3.05) is 6.54 Å². The SMILES string of the molecule is Cc1ccc(S(=O)(=O)N[C@H](c2ccccc2)[C@H](NCCCCCc2ccccc2)c2ccccc2)cc1. The number of hydrogen-bond donors (Lipinski definition) is 2. The highest BCUT2D eigenvalue weighted by Gasteiger charge is 2.29. The molecule has 0 heterocycles. The summed E-state index contributed by atoms with van der Waals surface area (Å²) in [6, 6.07) is 36.8. The summed E-state index contributed by atoms with van der Waals surface area (Å²) in [4.78, 5) is 0.270. The minimum atomic E-state index is -3.74. The van der Waals surface area contributed by atoms with E-state index in [4.69, 9.17) is 0 Å². The predicted octanol–water partition coefficient (Wildman–Crippen LogP) is 6.76. The third-order valence-corrected chi connectivity index (χ3v) is 8.07. The number of aryl methyl sites for hydroxylation is 2. The second kappa shape index (κ2) is 13.3. The normalized spacial score (nSPS) is 13.2. The summed E-state index contributed by atoms with van der Waals surface area (Å²) < 4.78 is 30.0. The number of rotatable bonds is 13. The van der Waals surface area contributed by atoms with Crippen LogP contribution >= 0.6 is 0 Å². The van der Waals surface area contributed by atoms with Crippen LogP contribution in [0.25, 0.3) is 0 Å². The Labute approximate surface area is 221 Å². The van der Waals surface area contributed by atoms with Gasteiger partial charge in [-0.25, -0.2) is 13.1 Å². The summed E-state index contributed by atoms with van der Waals surface area (Å²) in [6.07, 6.45) is 4.33. The predicted molar refractivity (Wildman–Crippen MR) is 152 cm³/mol. The first-order chi connectivity index (χ1) is 18.0. The molecule has 37 heavy (non-hydrogen) atoms. The molecule has 0 aliphatic carbocycles. The largest absolute Gasteiger partial charge is 0.308 e. The van der Waals surface area contributed by atoms with Crippen molar-refractivity contribution in [3.05, 3.63) is 138 Å². The number of unbranched alkanes of at least 4 members (excludes halogenated alkanes) is 2. The van der Waals surface area contributed by atoms with Crippen molar-refractivity contribution in [2.24, 2.45) is 0 Å². The van der Waals surface area contributed by atoms with Gasteiger partial charge in [0.05, 0.1) is 17.0 Å². The number of sulfonamides is 1. The Morgan fingerprint density at radius 1 is 0.622 bits per heavy atom. The minimum absolute atomic E-state index is 0.224. The average Bonchev–Trinajstić information content (AvgIpc) is 2.93. The minimum Gasteiger partial charge on any atom is -0.308 e. The van der Waals surface area contributed by atoms with Crippen LogP contribution in [0.5, 0.6) is 0 Å². The lowest BCUT2D eigenvalue weighted by atomic mass is 9.94. The molecule has 4 aromatic carbocycles. The molecule has 0 saturated carbocycles. The van der Waals surface area contributed by atoms with Gasteiger partial charge in [0.2, 0.25) is 10.0 Å². The summed E-state index contributed by atoms with van der Waals surface area (Å²) >= 11 is 0. The van der Waals surface area contributed by atoms with Crippen molar-refractivity contribution < 1.29 is 8.42 Å². The molecule has 0 fully saturated rings. The van der Waals surface area contributed by atoms with E-state index in [0.717, 1.165) is 48.9 Å². The molecule has 0 spiro atoms. The quantitative estimate of drug-likeness (QED) is 0.195. The fourth-order valence-corrected chi connectivity index (χ4v) is 5.80. The van der Waals surface area contributed by atoms with Crippen LogP contribution in [0, 0.1) is 6.92 Å². The number of nitrogens with one attached hydrogen (secondary N) is 2. The van der Waals surface area contributed by atoms with Gasteiger partial charge >= 0.3 is 0 Å². The van der Waals surface area contributed by atoms with Gasteiger partial charge in [-0.1, -0.05) is 115 Å². The molecular formula is C32H36N2O2S. The molecule has 192 valence electrons. The maximum atomic E-state index is 13.5. The highest BCUT2D eigenvalue weighted by molar-refractivity contribution is 7.89. The van der Waals surface area contributed by atoms with Gasteiger partial charge in [0.1, 0.15) is 0 Å². The van der Waals surface area contributed by atoms with Crippen LogP contribution in [0.3, 0.4) is 0 Å². The second-order valence-corrected chi connectivity index (χ2v) is 11.2. The van der Waals surface area contributed by atoms with Gasteiger partial charge in [-0.2, -0.15) is 0 Å². The summed E-state index contributed by atoms with van der Waals surface area (Å²) in [6.45, 7) is 2.75. The van der Waals surface area contributed by atoms with Crippen molar-refractivity contribution in [2.45, 2.75) is 49.6 Å². The van der Waals surface area contributed by atoms with E-state index in [0.29, 0.717) is 0 Å². The number of benzene rings is 4. The van der Waals surface area contributed by atoms with Gasteiger partial charge in [-0.05, 0) is 61.6 Å². The molecule has 0 saturated heterocycles. The molecule has 4 aromatic rings. The smallest absolute Gasteiger partial charge is 0.241 e. The Kier molecular flexibility index (Phi) is 9.66. The van der Waals surface area contributed by atoms with E-state index in [1.807, 2.05) is 73.7 Å². The van der Waals surface area contributed by atoms with Crippen LogP contribution in [-0.4, -0.2) is 15.0 Å². The third kappa shape index (κ3) is 7.86. The summed E-state index contributed by atoms with van der Waals surface area (Å²) in [7, 11) is -3.74. The molecule has 0 aromatic heterocycles. The molecule has 0 unspecified atom stereocenters.